The minimum absolute atomic E-state index is 0.0297. The highest BCUT2D eigenvalue weighted by molar-refractivity contribution is 6.39. The number of ether oxygens (including phenoxy) is 1. The van der Waals surface area contributed by atoms with Gasteiger partial charge in [-0.2, -0.15) is 0 Å². The summed E-state index contributed by atoms with van der Waals surface area (Å²) in [5, 5.41) is 3.94. The Morgan fingerprint density at radius 3 is 2.56 bits per heavy atom. The third-order valence-corrected chi connectivity index (χ3v) is 5.38. The van der Waals surface area contributed by atoms with Gasteiger partial charge in [-0.3, -0.25) is 14.9 Å². The van der Waals surface area contributed by atoms with E-state index in [1.165, 1.54) is 6.08 Å². The minimum atomic E-state index is -0.790. The van der Waals surface area contributed by atoms with E-state index in [0.29, 0.717) is 17.0 Å². The number of urea groups is 1. The molecule has 0 unspecified atom stereocenters. The van der Waals surface area contributed by atoms with Crippen LogP contribution in [0.1, 0.15) is 16.7 Å². The third-order valence-electron chi connectivity index (χ3n) is 5.38. The number of fused-ring (bicyclic) bond motifs is 1. The number of nitrogens with one attached hydrogen (secondary N) is 1. The standard InChI is InChI=1S/C26H20N2O4/c1-4-13-32-23-12-10-18-7-5-6-8-20(18)21(23)15-22-24(29)27-26(31)28(25(22)30)19-11-9-16(2)17(3)14-19/h1,5-12,14-15H,13H2,2-3H3,(H,27,29,31)/b22-15+. The van der Waals surface area contributed by atoms with Gasteiger partial charge in [-0.25, -0.2) is 9.69 Å². The monoisotopic (exact) mass is 424 g/mol. The van der Waals surface area contributed by atoms with Crippen molar-refractivity contribution < 1.29 is 19.1 Å². The number of hydrogen-bond acceptors (Lipinski definition) is 4. The Bertz CT molecular complexity index is 1350. The van der Waals surface area contributed by atoms with Gasteiger partial charge in [0.15, 0.2) is 0 Å². The molecule has 1 aliphatic heterocycles. The molecular weight excluding hydrogens is 404 g/mol. The number of rotatable bonds is 4. The molecule has 0 bridgehead atoms. The van der Waals surface area contributed by atoms with E-state index in [4.69, 9.17) is 11.2 Å². The van der Waals surface area contributed by atoms with Crippen LogP contribution in [-0.4, -0.2) is 24.5 Å². The van der Waals surface area contributed by atoms with Crippen LogP contribution in [0.4, 0.5) is 10.5 Å². The molecule has 0 atom stereocenters. The van der Waals surface area contributed by atoms with Crippen molar-refractivity contribution in [1.29, 1.82) is 0 Å². The Morgan fingerprint density at radius 1 is 1.03 bits per heavy atom. The molecule has 1 aliphatic rings. The van der Waals surface area contributed by atoms with Crippen LogP contribution in [0.3, 0.4) is 0 Å². The zero-order valence-corrected chi connectivity index (χ0v) is 17.6. The smallest absolute Gasteiger partial charge is 0.335 e. The van der Waals surface area contributed by atoms with Crippen LogP contribution in [0.15, 0.2) is 60.2 Å². The van der Waals surface area contributed by atoms with Crippen molar-refractivity contribution >= 4 is 40.4 Å². The van der Waals surface area contributed by atoms with Crippen molar-refractivity contribution in [2.75, 3.05) is 11.5 Å². The van der Waals surface area contributed by atoms with Crippen molar-refractivity contribution in [3.63, 3.8) is 0 Å². The molecule has 1 N–H and O–H groups in total. The first-order valence-corrected chi connectivity index (χ1v) is 9.97. The second kappa shape index (κ2) is 8.40. The van der Waals surface area contributed by atoms with Crippen LogP contribution in [0.25, 0.3) is 16.8 Å². The number of carbonyl (C=O) groups excluding carboxylic acids is 3. The van der Waals surface area contributed by atoms with Crippen molar-refractivity contribution in [2.45, 2.75) is 13.8 Å². The van der Waals surface area contributed by atoms with Gasteiger partial charge in [0, 0.05) is 5.56 Å². The number of aryl methyl sites for hydroxylation is 2. The topological polar surface area (TPSA) is 75.7 Å². The number of anilines is 1. The molecule has 0 aromatic heterocycles. The van der Waals surface area contributed by atoms with Gasteiger partial charge < -0.3 is 4.74 Å². The summed E-state index contributed by atoms with van der Waals surface area (Å²) in [5.74, 6) is 1.37. The Labute approximate surface area is 185 Å². The van der Waals surface area contributed by atoms with E-state index >= 15 is 0 Å². The van der Waals surface area contributed by atoms with Crippen molar-refractivity contribution in [3.05, 3.63) is 76.9 Å². The number of amides is 4. The van der Waals surface area contributed by atoms with Gasteiger partial charge in [-0.1, -0.05) is 42.3 Å². The maximum Gasteiger partial charge on any atom is 0.335 e. The lowest BCUT2D eigenvalue weighted by atomic mass is 9.99. The van der Waals surface area contributed by atoms with Crippen LogP contribution in [0, 0.1) is 26.2 Å². The number of barbiturate groups is 1. The Kier molecular flexibility index (Phi) is 5.48. The fourth-order valence-electron chi connectivity index (χ4n) is 3.57. The molecule has 6 nitrogen and oxygen atoms in total. The number of imide groups is 2. The first-order chi connectivity index (χ1) is 15.4. The lowest BCUT2D eigenvalue weighted by molar-refractivity contribution is -0.122. The molecule has 32 heavy (non-hydrogen) atoms. The van der Waals surface area contributed by atoms with E-state index in [0.717, 1.165) is 26.8 Å². The summed E-state index contributed by atoms with van der Waals surface area (Å²) in [5.41, 5.74) is 2.69. The van der Waals surface area contributed by atoms with Crippen molar-refractivity contribution in [1.82, 2.24) is 5.32 Å². The maximum absolute atomic E-state index is 13.3. The van der Waals surface area contributed by atoms with Gasteiger partial charge in [0.25, 0.3) is 11.8 Å². The van der Waals surface area contributed by atoms with E-state index in [9.17, 15) is 14.4 Å². The molecule has 1 heterocycles. The summed E-state index contributed by atoms with van der Waals surface area (Å²) < 4.78 is 5.66. The zero-order chi connectivity index (χ0) is 22.8. The second-order valence-corrected chi connectivity index (χ2v) is 7.42. The molecule has 3 aromatic carbocycles. The predicted molar refractivity (Wildman–Crippen MR) is 123 cm³/mol. The van der Waals surface area contributed by atoms with Crippen molar-refractivity contribution in [2.24, 2.45) is 0 Å². The second-order valence-electron chi connectivity index (χ2n) is 7.42. The molecule has 0 spiro atoms. The van der Waals surface area contributed by atoms with Gasteiger partial charge in [0.05, 0.1) is 5.69 Å². The van der Waals surface area contributed by atoms with Gasteiger partial charge >= 0.3 is 6.03 Å². The fraction of sp³-hybridized carbons (Fsp3) is 0.115. The molecule has 3 aromatic rings. The Hall–Kier alpha value is -4.37. The molecule has 4 rings (SSSR count). The normalized spacial score (nSPS) is 15.1. The molecular formula is C26H20N2O4. The highest BCUT2D eigenvalue weighted by atomic mass is 16.5. The molecule has 6 heteroatoms. The van der Waals surface area contributed by atoms with Gasteiger partial charge in [-0.05, 0) is 60.0 Å². The summed E-state index contributed by atoms with van der Waals surface area (Å²) in [4.78, 5) is 39.5. The Balaban J connectivity index is 1.86. The maximum atomic E-state index is 13.3. The average Bonchev–Trinajstić information content (AvgIpc) is 2.77. The number of nitrogens with zero attached hydrogens (tertiary/aromatic N) is 1. The lowest BCUT2D eigenvalue weighted by Crippen LogP contribution is -2.54. The number of carbonyl (C=O) groups is 3. The van der Waals surface area contributed by atoms with Gasteiger partial charge in [-0.15, -0.1) is 6.42 Å². The third kappa shape index (κ3) is 3.72. The molecule has 1 saturated heterocycles. The van der Waals surface area contributed by atoms with E-state index in [1.807, 2.05) is 50.2 Å². The van der Waals surface area contributed by atoms with Crippen LogP contribution in [0.5, 0.6) is 5.75 Å². The van der Waals surface area contributed by atoms with Crippen LogP contribution >= 0.6 is 0 Å². The van der Waals surface area contributed by atoms with E-state index in [2.05, 4.69) is 11.2 Å². The minimum Gasteiger partial charge on any atom is -0.480 e. The number of terminal acetylenes is 1. The molecule has 4 amide bonds. The fourth-order valence-corrected chi connectivity index (χ4v) is 3.57. The number of hydrogen-bond donors (Lipinski definition) is 1. The predicted octanol–water partition coefficient (Wildman–Crippen LogP) is 4.14. The molecule has 1 fully saturated rings. The summed E-state index contributed by atoms with van der Waals surface area (Å²) in [6.45, 7) is 3.85. The highest BCUT2D eigenvalue weighted by Gasteiger charge is 2.37. The first kappa shape index (κ1) is 20.9. The van der Waals surface area contributed by atoms with E-state index < -0.39 is 17.8 Å². The lowest BCUT2D eigenvalue weighted by Gasteiger charge is -2.27. The molecule has 0 saturated carbocycles. The van der Waals surface area contributed by atoms with E-state index in [-0.39, 0.29) is 12.2 Å². The van der Waals surface area contributed by atoms with Crippen LogP contribution in [-0.2, 0) is 9.59 Å². The summed E-state index contributed by atoms with van der Waals surface area (Å²) in [7, 11) is 0. The summed E-state index contributed by atoms with van der Waals surface area (Å²) in [6.07, 6.45) is 6.79. The summed E-state index contributed by atoms with van der Waals surface area (Å²) in [6, 6.07) is 15.6. The number of benzene rings is 3. The average molecular weight is 424 g/mol. The molecule has 158 valence electrons. The van der Waals surface area contributed by atoms with Crippen LogP contribution < -0.4 is 15.0 Å². The SMILES string of the molecule is C#CCOc1ccc2ccccc2c1/C=C1\C(=O)NC(=O)N(c2ccc(C)c(C)c2)C1=O. The van der Waals surface area contributed by atoms with Gasteiger partial charge in [0.1, 0.15) is 17.9 Å². The largest absolute Gasteiger partial charge is 0.480 e. The molecule has 0 radical (unpaired) electrons. The molecule has 0 aliphatic carbocycles. The van der Waals surface area contributed by atoms with Crippen LogP contribution in [0.2, 0.25) is 0 Å². The van der Waals surface area contributed by atoms with E-state index in [1.54, 1.807) is 18.2 Å². The van der Waals surface area contributed by atoms with Crippen molar-refractivity contribution in [3.8, 4) is 18.1 Å². The summed E-state index contributed by atoms with van der Waals surface area (Å²) >= 11 is 0. The highest BCUT2D eigenvalue weighted by Crippen LogP contribution is 2.32. The first-order valence-electron chi connectivity index (χ1n) is 9.97. The van der Waals surface area contributed by atoms with Gasteiger partial charge in [0.2, 0.25) is 0 Å². The zero-order valence-electron chi connectivity index (χ0n) is 17.6. The Morgan fingerprint density at radius 2 is 1.81 bits per heavy atom. The quantitative estimate of drug-likeness (QED) is 0.388.